The Morgan fingerprint density at radius 1 is 0.947 bits per heavy atom. The van der Waals surface area contributed by atoms with Crippen LogP contribution < -0.4 is 29.7 Å². The fraction of sp³-hybridized carbons (Fsp3) is 0.590. The highest BCUT2D eigenvalue weighted by molar-refractivity contribution is 7.93. The van der Waals surface area contributed by atoms with Gasteiger partial charge in [-0.25, -0.2) is 36.1 Å². The fourth-order valence-electron chi connectivity index (χ4n) is 6.37. The van der Waals surface area contributed by atoms with Crippen molar-refractivity contribution in [3.05, 3.63) is 53.9 Å². The standard InChI is InChI=1S/C39H56F2N6O8S2/c1-37(2,3)54-35(48)42-16-15-39(7,8)20-26(33(24-11-12-24)46-36(49)55-38(4,5)6)21-43-30-18-29(41)32(19-28(30)40)57(50,51)47(34-44-23-45-56-34)22-25-13-14-27(52-9)17-31(25)53-10/h13-14,17-19,23-24,26,33,43H,11-12,15-16,20-22H2,1-10H3,(H,42,48)(H,46,49)/t26-,33+/m0/s1. The van der Waals surface area contributed by atoms with Gasteiger partial charge in [0.05, 0.1) is 26.5 Å². The number of halogens is 2. The van der Waals surface area contributed by atoms with Gasteiger partial charge in [-0.05, 0) is 103 Å². The lowest BCUT2D eigenvalue weighted by Crippen LogP contribution is -2.47. The topological polar surface area (TPSA) is 170 Å². The Morgan fingerprint density at radius 3 is 2.19 bits per heavy atom. The molecule has 0 radical (unpaired) electrons. The number of hydrogen-bond acceptors (Lipinski definition) is 12. The molecule has 14 nitrogen and oxygen atoms in total. The number of nitrogens with zero attached hydrogens (tertiary/aromatic N) is 3. The molecule has 1 aliphatic carbocycles. The number of benzene rings is 2. The lowest BCUT2D eigenvalue weighted by molar-refractivity contribution is 0.0456. The second-order valence-corrected chi connectivity index (χ2v) is 19.5. The number of aromatic nitrogens is 2. The molecule has 57 heavy (non-hydrogen) atoms. The summed E-state index contributed by atoms with van der Waals surface area (Å²) in [5, 5.41) is 8.78. The first-order valence-electron chi connectivity index (χ1n) is 18.7. The highest BCUT2D eigenvalue weighted by Crippen LogP contribution is 2.41. The molecule has 1 fully saturated rings. The molecular formula is C39H56F2N6O8S2. The first kappa shape index (κ1) is 45.3. The van der Waals surface area contributed by atoms with Crippen LogP contribution in [0.15, 0.2) is 41.6 Å². The molecule has 2 aromatic carbocycles. The van der Waals surface area contributed by atoms with Crippen LogP contribution in [0.2, 0.25) is 0 Å². The maximum atomic E-state index is 16.0. The third kappa shape index (κ3) is 13.3. The quantitative estimate of drug-likeness (QED) is 0.114. The smallest absolute Gasteiger partial charge is 0.407 e. The van der Waals surface area contributed by atoms with E-state index in [4.69, 9.17) is 18.9 Å². The maximum absolute atomic E-state index is 16.0. The summed E-state index contributed by atoms with van der Waals surface area (Å²) in [5.41, 5.74) is -1.63. The number of carbonyl (C=O) groups excluding carboxylic acids is 2. The molecule has 0 bridgehead atoms. The van der Waals surface area contributed by atoms with Gasteiger partial charge in [0.2, 0.25) is 5.13 Å². The summed E-state index contributed by atoms with van der Waals surface area (Å²) in [4.78, 5) is 28.5. The third-order valence-electron chi connectivity index (χ3n) is 9.12. The van der Waals surface area contributed by atoms with Crippen molar-refractivity contribution in [1.82, 2.24) is 20.0 Å². The van der Waals surface area contributed by atoms with Crippen molar-refractivity contribution in [1.29, 1.82) is 0 Å². The zero-order valence-electron chi connectivity index (χ0n) is 34.3. The van der Waals surface area contributed by atoms with E-state index >= 15 is 8.78 Å². The van der Waals surface area contributed by atoms with E-state index in [1.54, 1.807) is 59.7 Å². The Balaban J connectivity index is 1.60. The van der Waals surface area contributed by atoms with Gasteiger partial charge < -0.3 is 34.9 Å². The molecule has 1 heterocycles. The Bertz CT molecular complexity index is 1950. The number of nitrogens with one attached hydrogen (secondary N) is 3. The Labute approximate surface area is 338 Å². The molecule has 1 aliphatic rings. The maximum Gasteiger partial charge on any atom is 0.407 e. The molecule has 316 valence electrons. The van der Waals surface area contributed by atoms with E-state index in [0.717, 1.165) is 34.7 Å². The Hall–Kier alpha value is -4.45. The van der Waals surface area contributed by atoms with Gasteiger partial charge in [0.25, 0.3) is 10.0 Å². The van der Waals surface area contributed by atoms with Crippen molar-refractivity contribution in [2.45, 2.75) is 110 Å². The second-order valence-electron chi connectivity index (χ2n) is 16.9. The number of rotatable bonds is 18. The van der Waals surface area contributed by atoms with Crippen molar-refractivity contribution < 1.29 is 45.7 Å². The molecule has 3 N–H and O–H groups in total. The highest BCUT2D eigenvalue weighted by atomic mass is 32.2. The van der Waals surface area contributed by atoms with Gasteiger partial charge in [0.1, 0.15) is 45.6 Å². The highest BCUT2D eigenvalue weighted by Gasteiger charge is 2.41. The van der Waals surface area contributed by atoms with E-state index in [1.807, 2.05) is 13.8 Å². The van der Waals surface area contributed by atoms with E-state index in [-0.39, 0.29) is 41.8 Å². The number of anilines is 2. The minimum Gasteiger partial charge on any atom is -0.497 e. The van der Waals surface area contributed by atoms with Gasteiger partial charge in [-0.3, -0.25) is 0 Å². The monoisotopic (exact) mass is 838 g/mol. The van der Waals surface area contributed by atoms with Crippen molar-refractivity contribution in [3.8, 4) is 11.5 Å². The van der Waals surface area contributed by atoms with Crippen LogP contribution in [0.1, 0.15) is 86.6 Å². The van der Waals surface area contributed by atoms with E-state index in [2.05, 4.69) is 25.3 Å². The van der Waals surface area contributed by atoms with Crippen LogP contribution in [0, 0.1) is 28.9 Å². The van der Waals surface area contributed by atoms with Gasteiger partial charge in [-0.1, -0.05) is 13.8 Å². The largest absolute Gasteiger partial charge is 0.497 e. The van der Waals surface area contributed by atoms with Crippen LogP contribution in [0.4, 0.5) is 29.2 Å². The summed E-state index contributed by atoms with van der Waals surface area (Å²) >= 11 is 0.773. The molecule has 1 aromatic heterocycles. The number of hydrogen-bond donors (Lipinski definition) is 3. The van der Waals surface area contributed by atoms with Crippen LogP contribution in [0.5, 0.6) is 11.5 Å². The van der Waals surface area contributed by atoms with Gasteiger partial charge in [-0.15, -0.1) is 0 Å². The van der Waals surface area contributed by atoms with Gasteiger partial charge in [-0.2, -0.15) is 4.37 Å². The molecule has 2 atom stereocenters. The number of carbonyl (C=O) groups is 2. The van der Waals surface area contributed by atoms with E-state index in [9.17, 15) is 18.0 Å². The first-order valence-corrected chi connectivity index (χ1v) is 20.9. The number of amides is 2. The van der Waals surface area contributed by atoms with Gasteiger partial charge in [0, 0.05) is 48.4 Å². The molecule has 0 saturated heterocycles. The lowest BCUT2D eigenvalue weighted by atomic mass is 9.76. The summed E-state index contributed by atoms with van der Waals surface area (Å²) < 4.78 is 86.7. The average Bonchev–Trinajstić information content (AvgIpc) is 3.80. The van der Waals surface area contributed by atoms with Crippen LogP contribution >= 0.6 is 11.5 Å². The Kier molecular flexibility index (Phi) is 14.6. The zero-order chi connectivity index (χ0) is 42.3. The van der Waals surface area contributed by atoms with Gasteiger partial charge >= 0.3 is 12.2 Å². The predicted molar refractivity (Wildman–Crippen MR) is 214 cm³/mol. The lowest BCUT2D eigenvalue weighted by Gasteiger charge is -2.36. The van der Waals surface area contributed by atoms with Crippen LogP contribution in [-0.4, -0.2) is 74.5 Å². The average molecular weight is 839 g/mol. The minimum atomic E-state index is -4.75. The van der Waals surface area contributed by atoms with Crippen molar-refractivity contribution in [2.24, 2.45) is 17.3 Å². The molecular weight excluding hydrogens is 783 g/mol. The third-order valence-corrected chi connectivity index (χ3v) is 11.7. The van der Waals surface area contributed by atoms with E-state index < -0.39 is 55.4 Å². The fourth-order valence-corrected chi connectivity index (χ4v) is 8.56. The normalized spacial score (nSPS) is 14.6. The molecule has 0 spiro atoms. The van der Waals surface area contributed by atoms with Crippen LogP contribution in [0.3, 0.4) is 0 Å². The van der Waals surface area contributed by atoms with Crippen molar-refractivity contribution >= 4 is 44.6 Å². The predicted octanol–water partition coefficient (Wildman–Crippen LogP) is 7.89. The summed E-state index contributed by atoms with van der Waals surface area (Å²) in [6.45, 7) is 14.8. The second kappa shape index (κ2) is 18.4. The number of methoxy groups -OCH3 is 2. The van der Waals surface area contributed by atoms with Crippen molar-refractivity contribution in [3.63, 3.8) is 0 Å². The molecule has 18 heteroatoms. The van der Waals surface area contributed by atoms with Crippen LogP contribution in [-0.2, 0) is 26.0 Å². The summed E-state index contributed by atoms with van der Waals surface area (Å²) in [5.74, 6) is -1.59. The molecule has 0 aliphatic heterocycles. The molecule has 0 unspecified atom stereocenters. The molecule has 4 rings (SSSR count). The van der Waals surface area contributed by atoms with E-state index in [0.29, 0.717) is 42.5 Å². The van der Waals surface area contributed by atoms with E-state index in [1.165, 1.54) is 20.5 Å². The summed E-state index contributed by atoms with van der Waals surface area (Å²) in [6, 6.07) is 5.88. The molecule has 2 amide bonds. The van der Waals surface area contributed by atoms with Crippen LogP contribution in [0.25, 0.3) is 0 Å². The summed E-state index contributed by atoms with van der Waals surface area (Å²) in [6.07, 6.45) is 2.83. The minimum absolute atomic E-state index is 0.0646. The number of sulfonamides is 1. The van der Waals surface area contributed by atoms with Crippen molar-refractivity contribution in [2.75, 3.05) is 36.9 Å². The SMILES string of the molecule is COc1ccc(CN(c2ncns2)S(=O)(=O)c2cc(F)c(NC[C@H](CC(C)(C)CCNC(=O)OC(C)(C)C)[C@H](NC(=O)OC(C)(C)C)C3CC3)cc2F)c(OC)c1. The van der Waals surface area contributed by atoms with Gasteiger partial charge in [0.15, 0.2) is 0 Å². The molecule has 3 aromatic rings. The number of ether oxygens (including phenoxy) is 4. The molecule has 1 saturated carbocycles. The zero-order valence-corrected chi connectivity index (χ0v) is 36.0. The number of alkyl carbamates (subject to hydrolysis) is 2. The summed E-state index contributed by atoms with van der Waals surface area (Å²) in [7, 11) is -1.85. The first-order chi connectivity index (χ1) is 26.5. The Morgan fingerprint density at radius 2 is 1.61 bits per heavy atom.